The van der Waals surface area contributed by atoms with Crippen molar-refractivity contribution in [3.63, 3.8) is 0 Å². The number of aliphatic hydroxyl groups excluding tert-OH is 1. The van der Waals surface area contributed by atoms with Crippen LogP contribution in [0.2, 0.25) is 0 Å². The molecule has 0 aliphatic carbocycles. The van der Waals surface area contributed by atoms with Crippen LogP contribution < -0.4 is 0 Å². The van der Waals surface area contributed by atoms with E-state index in [4.69, 9.17) is 9.84 Å². The second-order valence-electron chi connectivity index (χ2n) is 1.89. The maximum atomic E-state index is 8.98. The Morgan fingerprint density at radius 2 is 2.50 bits per heavy atom. The fraction of sp³-hybridized carbons (Fsp3) is 0.667. The molecule has 2 nitrogen and oxygen atoms in total. The van der Waals surface area contributed by atoms with Gasteiger partial charge in [0.2, 0.25) is 0 Å². The quantitative estimate of drug-likeness (QED) is 0.414. The molecule has 0 aromatic heterocycles. The van der Waals surface area contributed by atoms with Crippen LogP contribution in [0.3, 0.4) is 0 Å². The standard InChI is InChI=1S/C6H10O2/c1-2-3-5(7)6-4-8-6/h2-3,5-7H,4H2,1H3/t5-,6+/m1/s1. The van der Waals surface area contributed by atoms with E-state index in [1.165, 1.54) is 0 Å². The van der Waals surface area contributed by atoms with E-state index in [0.29, 0.717) is 6.61 Å². The second-order valence-corrected chi connectivity index (χ2v) is 1.89. The third kappa shape index (κ3) is 1.32. The van der Waals surface area contributed by atoms with Gasteiger partial charge in [0.25, 0.3) is 0 Å². The number of allylic oxidation sites excluding steroid dienone is 1. The first kappa shape index (κ1) is 5.79. The Morgan fingerprint density at radius 3 is 2.88 bits per heavy atom. The van der Waals surface area contributed by atoms with Gasteiger partial charge in [-0.15, -0.1) is 0 Å². The van der Waals surface area contributed by atoms with Gasteiger partial charge in [0.1, 0.15) is 12.2 Å². The van der Waals surface area contributed by atoms with E-state index in [2.05, 4.69) is 0 Å². The molecular formula is C6H10O2. The summed E-state index contributed by atoms with van der Waals surface area (Å²) < 4.78 is 4.82. The van der Waals surface area contributed by atoms with Crippen molar-refractivity contribution in [1.29, 1.82) is 0 Å². The van der Waals surface area contributed by atoms with E-state index in [-0.39, 0.29) is 12.2 Å². The summed E-state index contributed by atoms with van der Waals surface area (Å²) >= 11 is 0. The van der Waals surface area contributed by atoms with Crippen LogP contribution in [0.15, 0.2) is 12.2 Å². The summed E-state index contributed by atoms with van der Waals surface area (Å²) in [6.07, 6.45) is 3.27. The van der Waals surface area contributed by atoms with Gasteiger partial charge < -0.3 is 9.84 Å². The summed E-state index contributed by atoms with van der Waals surface area (Å²) in [5.41, 5.74) is 0. The topological polar surface area (TPSA) is 32.8 Å². The largest absolute Gasteiger partial charge is 0.386 e. The lowest BCUT2D eigenvalue weighted by Crippen LogP contribution is -2.09. The number of hydrogen-bond donors (Lipinski definition) is 1. The van der Waals surface area contributed by atoms with Gasteiger partial charge >= 0.3 is 0 Å². The Morgan fingerprint density at radius 1 is 1.88 bits per heavy atom. The predicted molar refractivity (Wildman–Crippen MR) is 30.6 cm³/mol. The van der Waals surface area contributed by atoms with Crippen molar-refractivity contribution in [2.45, 2.75) is 19.1 Å². The van der Waals surface area contributed by atoms with Crippen LogP contribution in [0.5, 0.6) is 0 Å². The molecule has 2 heteroatoms. The van der Waals surface area contributed by atoms with Gasteiger partial charge in [-0.2, -0.15) is 0 Å². The molecule has 2 atom stereocenters. The number of epoxide rings is 1. The molecule has 0 bridgehead atoms. The molecule has 1 aliphatic rings. The van der Waals surface area contributed by atoms with Crippen molar-refractivity contribution in [2.24, 2.45) is 0 Å². The minimum Gasteiger partial charge on any atom is -0.386 e. The Kier molecular flexibility index (Phi) is 1.65. The Balaban J connectivity index is 2.22. The van der Waals surface area contributed by atoms with Gasteiger partial charge in [-0.25, -0.2) is 0 Å². The van der Waals surface area contributed by atoms with Crippen molar-refractivity contribution in [2.75, 3.05) is 6.61 Å². The molecule has 0 aromatic rings. The predicted octanol–water partition coefficient (Wildman–Crippen LogP) is 0.322. The molecule has 0 spiro atoms. The van der Waals surface area contributed by atoms with Gasteiger partial charge in [-0.3, -0.25) is 0 Å². The van der Waals surface area contributed by atoms with E-state index in [0.717, 1.165) is 0 Å². The summed E-state index contributed by atoms with van der Waals surface area (Å²) in [4.78, 5) is 0. The minimum absolute atomic E-state index is 0.0891. The average Bonchev–Trinajstić information content (AvgIpc) is 2.45. The Bertz CT molecular complexity index is 94.7. The summed E-state index contributed by atoms with van der Waals surface area (Å²) in [5.74, 6) is 0. The van der Waals surface area contributed by atoms with Crippen molar-refractivity contribution in [3.8, 4) is 0 Å². The van der Waals surface area contributed by atoms with Crippen molar-refractivity contribution in [3.05, 3.63) is 12.2 Å². The minimum atomic E-state index is -0.375. The maximum Gasteiger partial charge on any atom is 0.110 e. The fourth-order valence-corrected chi connectivity index (χ4v) is 0.574. The lowest BCUT2D eigenvalue weighted by molar-refractivity contribution is 0.178. The van der Waals surface area contributed by atoms with Crippen LogP contribution in [0.4, 0.5) is 0 Å². The van der Waals surface area contributed by atoms with Crippen LogP contribution in [-0.2, 0) is 4.74 Å². The van der Waals surface area contributed by atoms with Crippen LogP contribution in [0, 0.1) is 0 Å². The van der Waals surface area contributed by atoms with Crippen LogP contribution >= 0.6 is 0 Å². The highest BCUT2D eigenvalue weighted by atomic mass is 16.6. The SMILES string of the molecule is CC=C[C@@H](O)[C@@H]1CO1. The molecule has 8 heavy (non-hydrogen) atoms. The van der Waals surface area contributed by atoms with Crippen LogP contribution in [-0.4, -0.2) is 23.9 Å². The monoisotopic (exact) mass is 114 g/mol. The van der Waals surface area contributed by atoms with Gasteiger partial charge in [0.15, 0.2) is 0 Å². The molecule has 1 rings (SSSR count). The lowest BCUT2D eigenvalue weighted by Gasteiger charge is -1.95. The Hall–Kier alpha value is -0.340. The average molecular weight is 114 g/mol. The van der Waals surface area contributed by atoms with Crippen molar-refractivity contribution < 1.29 is 9.84 Å². The van der Waals surface area contributed by atoms with Gasteiger partial charge in [-0.1, -0.05) is 12.2 Å². The summed E-state index contributed by atoms with van der Waals surface area (Å²) in [6.45, 7) is 2.59. The third-order valence-electron chi connectivity index (χ3n) is 1.13. The molecule has 1 fully saturated rings. The summed E-state index contributed by atoms with van der Waals surface area (Å²) in [6, 6.07) is 0. The number of aliphatic hydroxyl groups is 1. The fourth-order valence-electron chi connectivity index (χ4n) is 0.574. The first-order valence-electron chi connectivity index (χ1n) is 2.77. The van der Waals surface area contributed by atoms with Crippen molar-refractivity contribution >= 4 is 0 Å². The molecule has 0 unspecified atom stereocenters. The molecule has 46 valence electrons. The van der Waals surface area contributed by atoms with E-state index in [1.54, 1.807) is 6.08 Å². The first-order valence-corrected chi connectivity index (χ1v) is 2.77. The highest BCUT2D eigenvalue weighted by molar-refractivity contribution is 4.94. The van der Waals surface area contributed by atoms with Crippen LogP contribution in [0.1, 0.15) is 6.92 Å². The molecule has 1 heterocycles. The van der Waals surface area contributed by atoms with E-state index in [9.17, 15) is 0 Å². The normalized spacial score (nSPS) is 31.0. The molecule has 0 radical (unpaired) electrons. The summed E-state index contributed by atoms with van der Waals surface area (Å²) in [7, 11) is 0. The molecule has 0 saturated carbocycles. The molecule has 1 aliphatic heterocycles. The number of rotatable bonds is 2. The number of ether oxygens (including phenoxy) is 1. The first-order chi connectivity index (χ1) is 3.84. The molecule has 0 amide bonds. The zero-order valence-corrected chi connectivity index (χ0v) is 4.87. The number of hydrogen-bond acceptors (Lipinski definition) is 2. The van der Waals surface area contributed by atoms with E-state index >= 15 is 0 Å². The van der Waals surface area contributed by atoms with Gasteiger partial charge in [-0.05, 0) is 6.92 Å². The molecular weight excluding hydrogens is 104 g/mol. The highest BCUT2D eigenvalue weighted by Gasteiger charge is 2.28. The Labute approximate surface area is 48.8 Å². The van der Waals surface area contributed by atoms with Gasteiger partial charge in [0, 0.05) is 0 Å². The summed E-state index contributed by atoms with van der Waals surface area (Å²) in [5, 5.41) is 8.98. The smallest absolute Gasteiger partial charge is 0.110 e. The van der Waals surface area contributed by atoms with E-state index in [1.807, 2.05) is 13.0 Å². The zero-order chi connectivity index (χ0) is 5.98. The lowest BCUT2D eigenvalue weighted by atomic mass is 10.2. The molecule has 0 aromatic carbocycles. The zero-order valence-electron chi connectivity index (χ0n) is 4.87. The van der Waals surface area contributed by atoms with Crippen LogP contribution in [0.25, 0.3) is 0 Å². The highest BCUT2D eigenvalue weighted by Crippen LogP contribution is 2.14. The van der Waals surface area contributed by atoms with Crippen molar-refractivity contribution in [1.82, 2.24) is 0 Å². The molecule has 1 N–H and O–H groups in total. The maximum absolute atomic E-state index is 8.98. The second kappa shape index (κ2) is 2.29. The van der Waals surface area contributed by atoms with Gasteiger partial charge in [0.05, 0.1) is 6.61 Å². The third-order valence-corrected chi connectivity index (χ3v) is 1.13. The molecule has 1 saturated heterocycles. The van der Waals surface area contributed by atoms with E-state index < -0.39 is 0 Å².